The van der Waals surface area contributed by atoms with Gasteiger partial charge in [-0.2, -0.15) is 9.29 Å². The van der Waals surface area contributed by atoms with Crippen LogP contribution in [-0.4, -0.2) is 111 Å². The first-order valence-electron chi connectivity index (χ1n) is 10.3. The van der Waals surface area contributed by atoms with Crippen LogP contribution in [0.15, 0.2) is 11.1 Å². The fourth-order valence-electron chi connectivity index (χ4n) is 3.57. The maximum absolute atomic E-state index is 12.2. The van der Waals surface area contributed by atoms with Gasteiger partial charge in [0.1, 0.15) is 36.6 Å². The van der Waals surface area contributed by atoms with Crippen LogP contribution in [0.5, 0.6) is 0 Å². The molecule has 0 amide bonds. The maximum atomic E-state index is 12.2. The first-order chi connectivity index (χ1) is 17.2. The number of nitrogens with two attached hydrogens (primary N) is 1. The average molecular weight is 575 g/mol. The molecule has 0 aromatic carbocycles. The van der Waals surface area contributed by atoms with Crippen molar-refractivity contribution >= 4 is 32.8 Å². The van der Waals surface area contributed by atoms with Gasteiger partial charge >= 0.3 is 15.6 Å². The largest absolute Gasteiger partial charge is 0.483 e. The van der Waals surface area contributed by atoms with Gasteiger partial charge in [-0.15, -0.1) is 0 Å². The summed E-state index contributed by atoms with van der Waals surface area (Å²) in [5, 5.41) is 49.4. The van der Waals surface area contributed by atoms with E-state index in [4.69, 9.17) is 15.2 Å². The van der Waals surface area contributed by atoms with Crippen molar-refractivity contribution in [2.24, 2.45) is 0 Å². The summed E-state index contributed by atoms with van der Waals surface area (Å²) >= 11 is 0. The Balaban J connectivity index is 1.39. The third-order valence-corrected chi connectivity index (χ3v) is 7.96. The molecule has 2 aliphatic heterocycles. The highest BCUT2D eigenvalue weighted by Gasteiger charge is 2.48. The third kappa shape index (κ3) is 5.92. The van der Waals surface area contributed by atoms with Crippen LogP contribution in [0.4, 0.5) is 5.95 Å². The highest BCUT2D eigenvalue weighted by atomic mass is 31.3. The predicted octanol–water partition coefficient (Wildman–Crippen LogP) is -3.99. The molecule has 10 atom stereocenters. The van der Waals surface area contributed by atoms with E-state index in [1.807, 2.05) is 0 Å². The van der Waals surface area contributed by atoms with Crippen LogP contribution in [0.25, 0.3) is 11.2 Å². The fraction of sp³-hybridized carbons (Fsp3) is 0.667. The van der Waals surface area contributed by atoms with E-state index in [-0.39, 0.29) is 17.1 Å². The Morgan fingerprint density at radius 2 is 1.81 bits per heavy atom. The molecule has 37 heavy (non-hydrogen) atoms. The van der Waals surface area contributed by atoms with Crippen LogP contribution < -0.4 is 11.3 Å². The summed E-state index contributed by atoms with van der Waals surface area (Å²) in [5.41, 5.74) is 4.58. The smallest absolute Gasteiger partial charge is 0.388 e. The van der Waals surface area contributed by atoms with E-state index >= 15 is 0 Å². The highest BCUT2D eigenvalue weighted by molar-refractivity contribution is 7.61. The number of aliphatic hydroxyl groups excluding tert-OH is 5. The number of aliphatic hydroxyl groups is 5. The van der Waals surface area contributed by atoms with Crippen molar-refractivity contribution in [3.8, 4) is 0 Å². The van der Waals surface area contributed by atoms with Gasteiger partial charge in [0.05, 0.1) is 19.5 Å². The molecule has 20 nitrogen and oxygen atoms in total. The number of nitrogens with one attached hydrogen (secondary N) is 1. The van der Waals surface area contributed by atoms with Crippen LogP contribution in [0.1, 0.15) is 6.23 Å². The van der Waals surface area contributed by atoms with Gasteiger partial charge in [0.25, 0.3) is 5.56 Å². The number of anilines is 1. The van der Waals surface area contributed by atoms with Crippen molar-refractivity contribution in [1.29, 1.82) is 0 Å². The minimum absolute atomic E-state index is 0.0987. The predicted molar refractivity (Wildman–Crippen MR) is 114 cm³/mol. The van der Waals surface area contributed by atoms with Crippen LogP contribution in [0.3, 0.4) is 0 Å². The topological polar surface area (TPSA) is 311 Å². The minimum atomic E-state index is -5.48. The summed E-state index contributed by atoms with van der Waals surface area (Å²) in [4.78, 5) is 41.5. The Labute approximate surface area is 205 Å². The molecule has 4 heterocycles. The zero-order valence-corrected chi connectivity index (χ0v) is 20.1. The summed E-state index contributed by atoms with van der Waals surface area (Å²) in [7, 11) is -10.9. The van der Waals surface area contributed by atoms with Crippen molar-refractivity contribution in [3.05, 3.63) is 16.7 Å². The zero-order valence-electron chi connectivity index (χ0n) is 18.3. The van der Waals surface area contributed by atoms with Crippen LogP contribution in [-0.2, 0) is 32.0 Å². The van der Waals surface area contributed by atoms with Gasteiger partial charge < -0.3 is 50.5 Å². The van der Waals surface area contributed by atoms with Crippen molar-refractivity contribution in [2.75, 3.05) is 18.9 Å². The number of hydrogen-bond donors (Lipinski definition) is 9. The van der Waals surface area contributed by atoms with Crippen LogP contribution in [0.2, 0.25) is 0 Å². The average Bonchev–Trinajstić information content (AvgIpc) is 3.33. The number of nitrogens with zero attached hydrogens (tertiary/aromatic N) is 3. The highest BCUT2D eigenvalue weighted by Crippen LogP contribution is 2.61. The number of aromatic amines is 1. The number of phosphoric ester groups is 2. The first-order valence-corrected chi connectivity index (χ1v) is 13.3. The molecule has 4 rings (SSSR count). The number of H-pyrrole nitrogens is 1. The number of rotatable bonds is 8. The molecule has 2 aliphatic rings. The van der Waals surface area contributed by atoms with E-state index in [2.05, 4.69) is 28.3 Å². The molecule has 22 heteroatoms. The number of ether oxygens (including phenoxy) is 2. The van der Waals surface area contributed by atoms with Gasteiger partial charge in [0.15, 0.2) is 23.7 Å². The Morgan fingerprint density at radius 1 is 1.11 bits per heavy atom. The summed E-state index contributed by atoms with van der Waals surface area (Å²) in [6.45, 7) is -1.56. The molecule has 2 aromatic heterocycles. The number of aromatic nitrogens is 4. The van der Waals surface area contributed by atoms with Crippen LogP contribution in [0, 0.1) is 0 Å². The lowest BCUT2D eigenvalue weighted by molar-refractivity contribution is -0.245. The summed E-state index contributed by atoms with van der Waals surface area (Å²) in [5.74, 6) is -0.266. The number of phosphoric acid groups is 2. The number of nitrogen functional groups attached to an aromatic ring is 1. The maximum Gasteiger partial charge on any atom is 0.483 e. The van der Waals surface area contributed by atoms with E-state index in [1.165, 1.54) is 0 Å². The molecule has 2 aromatic rings. The van der Waals surface area contributed by atoms with E-state index in [9.17, 15) is 49.2 Å². The summed E-state index contributed by atoms with van der Waals surface area (Å²) in [6.07, 6.45) is -12.6. The van der Waals surface area contributed by atoms with E-state index in [1.54, 1.807) is 0 Å². The third-order valence-electron chi connectivity index (χ3n) is 5.36. The Bertz CT molecular complexity index is 1290. The first kappa shape index (κ1) is 28.1. The SMILES string of the molecule is Nc1nc2c(ncn2[C@@H]2O[C@H](COP(=O)(O)OP(=O)(O)OC3OC[C@@H](O)[C@@H](O)[C@@H]3O)[C@@H](O)[C@H]2O)c(=O)[nH]1. The van der Waals surface area contributed by atoms with Crippen molar-refractivity contribution < 1.29 is 67.3 Å². The Morgan fingerprint density at radius 3 is 2.51 bits per heavy atom. The van der Waals surface area contributed by atoms with Gasteiger partial charge in [-0.1, -0.05) is 0 Å². The molecular formula is C15H23N5O15P2. The molecule has 2 fully saturated rings. The fourth-order valence-corrected chi connectivity index (χ4v) is 5.74. The second kappa shape index (κ2) is 10.4. The quantitative estimate of drug-likeness (QED) is 0.135. The summed E-state index contributed by atoms with van der Waals surface area (Å²) < 4.78 is 48.7. The minimum Gasteiger partial charge on any atom is -0.388 e. The molecule has 0 bridgehead atoms. The van der Waals surface area contributed by atoms with Crippen LogP contribution >= 0.6 is 15.6 Å². The summed E-state index contributed by atoms with van der Waals surface area (Å²) in [6, 6.07) is 0. The lowest BCUT2D eigenvalue weighted by atomic mass is 10.1. The van der Waals surface area contributed by atoms with Gasteiger partial charge in [0, 0.05) is 0 Å². The molecule has 0 radical (unpaired) electrons. The molecule has 208 valence electrons. The molecule has 0 saturated carbocycles. The Hall–Kier alpha value is -1.87. The van der Waals surface area contributed by atoms with E-state index < -0.39 is 83.6 Å². The number of imidazole rings is 1. The lowest BCUT2D eigenvalue weighted by Gasteiger charge is -2.35. The second-order valence-electron chi connectivity index (χ2n) is 7.99. The molecule has 3 unspecified atom stereocenters. The molecule has 0 aliphatic carbocycles. The van der Waals surface area contributed by atoms with Gasteiger partial charge in [-0.25, -0.2) is 14.1 Å². The normalized spacial score (nSPS) is 35.9. The van der Waals surface area contributed by atoms with Gasteiger partial charge in [-0.3, -0.25) is 23.4 Å². The molecule has 0 spiro atoms. The molecular weight excluding hydrogens is 552 g/mol. The molecule has 10 N–H and O–H groups in total. The van der Waals surface area contributed by atoms with Crippen molar-refractivity contribution in [2.45, 2.75) is 49.1 Å². The lowest BCUT2D eigenvalue weighted by Crippen LogP contribution is -2.53. The van der Waals surface area contributed by atoms with Gasteiger partial charge in [-0.05, 0) is 0 Å². The Kier molecular flexibility index (Phi) is 7.88. The van der Waals surface area contributed by atoms with E-state index in [0.29, 0.717) is 0 Å². The zero-order chi connectivity index (χ0) is 27.3. The van der Waals surface area contributed by atoms with Crippen molar-refractivity contribution in [1.82, 2.24) is 19.5 Å². The number of fused-ring (bicyclic) bond motifs is 1. The standard InChI is InChI=1S/C15H23N5O15P2/c16-15-18-11-6(12(26)19-15)17-3-20(11)13-9(24)8(23)5(33-13)2-32-36(27,28)35-37(29,30)34-14-10(25)7(22)4(21)1-31-14/h3-5,7-10,13-14,21-25H,1-2H2,(H,27,28)(H,29,30)(H3,16,18,19,26)/t4-,5-,7-,8-,9-,10+,13-,14?/m1/s1. The monoisotopic (exact) mass is 575 g/mol. The number of hydrogen-bond acceptors (Lipinski definition) is 16. The second-order valence-corrected chi connectivity index (χ2v) is 11.0. The van der Waals surface area contributed by atoms with Crippen molar-refractivity contribution in [3.63, 3.8) is 0 Å². The molecule has 2 saturated heterocycles. The van der Waals surface area contributed by atoms with E-state index in [0.717, 1.165) is 10.9 Å². The van der Waals surface area contributed by atoms with Gasteiger partial charge in [0.2, 0.25) is 5.95 Å².